The van der Waals surface area contributed by atoms with Crippen LogP contribution in [0.3, 0.4) is 0 Å². The highest BCUT2D eigenvalue weighted by Gasteiger charge is 2.37. The molecular weight excluding hydrogens is 358 g/mol. The molecule has 0 N–H and O–H groups in total. The number of likely N-dealkylation sites (tertiary alicyclic amines) is 1. The summed E-state index contributed by atoms with van der Waals surface area (Å²) in [5, 5.41) is 0. The maximum Gasteiger partial charge on any atom is 0.344 e. The predicted molar refractivity (Wildman–Crippen MR) is 108 cm³/mol. The first-order chi connectivity index (χ1) is 13.1. The topological polar surface area (TPSA) is 53.0 Å². The zero-order chi connectivity index (χ0) is 18.4. The number of hydrogen-bond donors (Lipinski definition) is 0. The van der Waals surface area contributed by atoms with Crippen molar-refractivity contribution in [3.63, 3.8) is 0 Å². The van der Waals surface area contributed by atoms with E-state index >= 15 is 0 Å². The van der Waals surface area contributed by atoms with Crippen molar-refractivity contribution in [3.8, 4) is 0 Å². The first-order valence-electron chi connectivity index (χ1n) is 9.61. The Morgan fingerprint density at radius 2 is 1.48 bits per heavy atom. The molecule has 0 amide bonds. The normalized spacial score (nSPS) is 22.6. The molecule has 6 heteroatoms. The van der Waals surface area contributed by atoms with Crippen LogP contribution in [0.5, 0.6) is 0 Å². The largest absolute Gasteiger partial charge is 0.344 e. The molecule has 2 aromatic rings. The Morgan fingerprint density at radius 3 is 2.19 bits per heavy atom. The van der Waals surface area contributed by atoms with E-state index in [9.17, 15) is 8.42 Å². The van der Waals surface area contributed by atoms with E-state index in [-0.39, 0.29) is 6.04 Å². The molecular formula is C21H23N3O2S. The number of piperidine rings is 1. The Balaban J connectivity index is 1.32. The third-order valence-electron chi connectivity index (χ3n) is 6.12. The summed E-state index contributed by atoms with van der Waals surface area (Å²) in [6.07, 6.45) is 5.36. The summed E-state index contributed by atoms with van der Waals surface area (Å²) >= 11 is 0. The molecule has 0 saturated carbocycles. The molecule has 1 aliphatic carbocycles. The van der Waals surface area contributed by atoms with Crippen LogP contribution in [0.2, 0.25) is 0 Å². The van der Waals surface area contributed by atoms with E-state index < -0.39 is 10.2 Å². The van der Waals surface area contributed by atoms with Crippen LogP contribution < -0.4 is 4.31 Å². The second kappa shape index (κ2) is 6.46. The van der Waals surface area contributed by atoms with Crippen LogP contribution in [-0.4, -0.2) is 44.7 Å². The van der Waals surface area contributed by atoms with Gasteiger partial charge in [0.1, 0.15) is 0 Å². The molecule has 0 unspecified atom stereocenters. The van der Waals surface area contributed by atoms with E-state index in [4.69, 9.17) is 0 Å². The Kier molecular flexibility index (Phi) is 4.06. The second-order valence-electron chi connectivity index (χ2n) is 7.66. The third kappa shape index (κ3) is 2.97. The third-order valence-corrected chi connectivity index (χ3v) is 7.49. The van der Waals surface area contributed by atoms with Gasteiger partial charge in [0, 0.05) is 30.7 Å². The quantitative estimate of drug-likeness (QED) is 0.804. The zero-order valence-electron chi connectivity index (χ0n) is 15.2. The van der Waals surface area contributed by atoms with E-state index in [1.54, 1.807) is 4.31 Å². The summed E-state index contributed by atoms with van der Waals surface area (Å²) in [5.41, 5.74) is 4.57. The Morgan fingerprint density at radius 1 is 0.852 bits per heavy atom. The highest BCUT2D eigenvalue weighted by atomic mass is 32.2. The number of rotatable bonds is 2. The molecule has 0 bridgehead atoms. The summed E-state index contributed by atoms with van der Waals surface area (Å²) in [5.74, 6) is 0. The fourth-order valence-corrected chi connectivity index (χ4v) is 6.11. The summed E-state index contributed by atoms with van der Waals surface area (Å²) in [6, 6.07) is 16.9. The lowest BCUT2D eigenvalue weighted by atomic mass is 10.0. The van der Waals surface area contributed by atoms with Gasteiger partial charge in [-0.05, 0) is 42.9 Å². The first kappa shape index (κ1) is 17.0. The van der Waals surface area contributed by atoms with Crippen molar-refractivity contribution in [1.29, 1.82) is 0 Å². The van der Waals surface area contributed by atoms with Crippen molar-refractivity contribution in [2.24, 2.45) is 4.40 Å². The molecule has 2 heterocycles. The monoisotopic (exact) mass is 381 g/mol. The molecule has 5 rings (SSSR count). The lowest BCUT2D eigenvalue weighted by Crippen LogP contribution is -2.50. The van der Waals surface area contributed by atoms with Crippen molar-refractivity contribution in [3.05, 3.63) is 65.2 Å². The molecule has 27 heavy (non-hydrogen) atoms. The van der Waals surface area contributed by atoms with Crippen LogP contribution in [-0.2, 0) is 23.1 Å². The van der Waals surface area contributed by atoms with Gasteiger partial charge in [0.15, 0.2) is 0 Å². The smallest absolute Gasteiger partial charge is 0.300 e. The van der Waals surface area contributed by atoms with Crippen LogP contribution >= 0.6 is 0 Å². The summed E-state index contributed by atoms with van der Waals surface area (Å²) in [6.45, 7) is 1.86. The zero-order valence-corrected chi connectivity index (χ0v) is 16.0. The highest BCUT2D eigenvalue weighted by Crippen LogP contribution is 2.34. The molecule has 140 valence electrons. The average Bonchev–Trinajstić information content (AvgIpc) is 3.12. The minimum Gasteiger partial charge on any atom is -0.300 e. The lowest BCUT2D eigenvalue weighted by molar-refractivity contribution is 0.158. The predicted octanol–water partition coefficient (Wildman–Crippen LogP) is 2.80. The van der Waals surface area contributed by atoms with Gasteiger partial charge in [-0.15, -0.1) is 0 Å². The Bertz CT molecular complexity index is 969. The Labute approximate surface area is 160 Å². The molecule has 0 radical (unpaired) electrons. The van der Waals surface area contributed by atoms with Gasteiger partial charge in [0.2, 0.25) is 0 Å². The van der Waals surface area contributed by atoms with E-state index in [1.807, 2.05) is 24.3 Å². The molecule has 1 saturated heterocycles. The maximum absolute atomic E-state index is 12.6. The summed E-state index contributed by atoms with van der Waals surface area (Å²) < 4.78 is 30.7. The molecule has 5 nitrogen and oxygen atoms in total. The van der Waals surface area contributed by atoms with E-state index in [0.29, 0.717) is 6.04 Å². The lowest BCUT2D eigenvalue weighted by Gasteiger charge is -2.41. The van der Waals surface area contributed by atoms with Gasteiger partial charge < -0.3 is 0 Å². The van der Waals surface area contributed by atoms with Gasteiger partial charge >= 0.3 is 10.2 Å². The Hall–Kier alpha value is -2.18. The van der Waals surface area contributed by atoms with Crippen molar-refractivity contribution >= 4 is 22.1 Å². The standard InChI is InChI=1S/C21H23N3O2S/c25-27(26)22-15-18-7-3-4-8-21(18)24(27)19-9-11-23(12-10-19)20-13-16-5-1-2-6-17(16)14-20/h1-8,15,19-20H,9-14H2. The molecule has 0 spiro atoms. The molecule has 3 aliphatic rings. The number of fused-ring (bicyclic) bond motifs is 2. The minimum atomic E-state index is -3.63. The number of anilines is 1. The molecule has 2 aliphatic heterocycles. The number of para-hydroxylation sites is 1. The van der Waals surface area contributed by atoms with Crippen molar-refractivity contribution in [1.82, 2.24) is 4.90 Å². The molecule has 2 aromatic carbocycles. The van der Waals surface area contributed by atoms with E-state index in [2.05, 4.69) is 33.6 Å². The van der Waals surface area contributed by atoms with E-state index in [1.165, 1.54) is 17.3 Å². The average molecular weight is 382 g/mol. The van der Waals surface area contributed by atoms with Gasteiger partial charge in [-0.2, -0.15) is 12.8 Å². The van der Waals surface area contributed by atoms with Gasteiger partial charge in [-0.25, -0.2) is 4.31 Å². The summed E-state index contributed by atoms with van der Waals surface area (Å²) in [7, 11) is -3.63. The number of hydrogen-bond acceptors (Lipinski definition) is 3. The maximum atomic E-state index is 12.6. The van der Waals surface area contributed by atoms with Crippen molar-refractivity contribution < 1.29 is 8.42 Å². The van der Waals surface area contributed by atoms with Crippen LogP contribution in [0, 0.1) is 0 Å². The van der Waals surface area contributed by atoms with Crippen LogP contribution in [0.15, 0.2) is 52.9 Å². The summed E-state index contributed by atoms with van der Waals surface area (Å²) in [4.78, 5) is 2.54. The highest BCUT2D eigenvalue weighted by molar-refractivity contribution is 7.91. The number of benzene rings is 2. The van der Waals surface area contributed by atoms with Gasteiger partial charge in [-0.3, -0.25) is 4.90 Å². The van der Waals surface area contributed by atoms with Crippen LogP contribution in [0.4, 0.5) is 5.69 Å². The molecule has 0 aromatic heterocycles. The molecule has 0 atom stereocenters. The van der Waals surface area contributed by atoms with Crippen LogP contribution in [0.1, 0.15) is 29.5 Å². The fourth-order valence-electron chi connectivity index (χ4n) is 4.76. The van der Waals surface area contributed by atoms with Crippen molar-refractivity contribution in [2.75, 3.05) is 17.4 Å². The second-order valence-corrected chi connectivity index (χ2v) is 9.16. The SMILES string of the molecule is O=S1(=O)N=Cc2ccccc2N1C1CCN(C2Cc3ccccc3C2)CC1. The number of nitrogens with zero attached hydrogens (tertiary/aromatic N) is 3. The fraction of sp³-hybridized carbons (Fsp3) is 0.381. The van der Waals surface area contributed by atoms with E-state index in [0.717, 1.165) is 50.0 Å². The first-order valence-corrected chi connectivity index (χ1v) is 11.0. The van der Waals surface area contributed by atoms with Gasteiger partial charge in [0.05, 0.1) is 11.9 Å². The molecule has 1 fully saturated rings. The van der Waals surface area contributed by atoms with Gasteiger partial charge in [-0.1, -0.05) is 42.5 Å². The van der Waals surface area contributed by atoms with Crippen molar-refractivity contribution in [2.45, 2.75) is 37.8 Å². The minimum absolute atomic E-state index is 0.0198. The van der Waals surface area contributed by atoms with Crippen LogP contribution in [0.25, 0.3) is 0 Å². The van der Waals surface area contributed by atoms with Gasteiger partial charge in [0.25, 0.3) is 0 Å².